The minimum Gasteiger partial charge on any atom is -0.311 e. The lowest BCUT2D eigenvalue weighted by molar-refractivity contribution is 0.725. The summed E-state index contributed by atoms with van der Waals surface area (Å²) in [4.78, 5) is 4.12. The Morgan fingerprint density at radius 3 is 2.82 bits per heavy atom. The second-order valence-corrected chi connectivity index (χ2v) is 4.50. The molecular formula is C7H15N3S. The van der Waals surface area contributed by atoms with E-state index in [0.29, 0.717) is 0 Å². The number of aliphatic imine (C=N–C) groups is 1. The summed E-state index contributed by atoms with van der Waals surface area (Å²) in [5, 5.41) is 0. The van der Waals surface area contributed by atoms with E-state index in [2.05, 4.69) is 17.3 Å². The van der Waals surface area contributed by atoms with E-state index in [1.165, 1.54) is 18.6 Å². The Kier molecular flexibility index (Phi) is 2.78. The van der Waals surface area contributed by atoms with Gasteiger partial charge in [0.25, 0.3) is 0 Å². The molecule has 0 aromatic rings. The highest BCUT2D eigenvalue weighted by Gasteiger charge is 2.34. The first-order chi connectivity index (χ1) is 5.23. The van der Waals surface area contributed by atoms with Crippen molar-refractivity contribution in [2.24, 2.45) is 10.8 Å². The van der Waals surface area contributed by atoms with Gasteiger partial charge in [0.2, 0.25) is 0 Å². The Morgan fingerprint density at radius 1 is 1.73 bits per heavy atom. The predicted octanol–water partition coefficient (Wildman–Crippen LogP) is 0.764. The molecule has 0 spiro atoms. The van der Waals surface area contributed by atoms with Crippen LogP contribution in [0.2, 0.25) is 0 Å². The smallest absolute Gasteiger partial charge is 0.126 e. The summed E-state index contributed by atoms with van der Waals surface area (Å²) in [6.45, 7) is 2.19. The first-order valence-electron chi connectivity index (χ1n) is 3.81. The van der Waals surface area contributed by atoms with Crippen LogP contribution >= 0.6 is 11.8 Å². The summed E-state index contributed by atoms with van der Waals surface area (Å²) in [5.41, 5.74) is 2.66. The first-order valence-corrected chi connectivity index (χ1v) is 4.79. The molecule has 1 aliphatic rings. The van der Waals surface area contributed by atoms with E-state index in [1.54, 1.807) is 7.05 Å². The number of hydrogen-bond acceptors (Lipinski definition) is 3. The zero-order valence-corrected chi connectivity index (χ0v) is 7.87. The molecule has 1 aliphatic heterocycles. The molecule has 1 rings (SSSR count). The van der Waals surface area contributed by atoms with Crippen molar-refractivity contribution in [3.05, 3.63) is 0 Å². The van der Waals surface area contributed by atoms with Gasteiger partial charge in [0.15, 0.2) is 0 Å². The highest BCUT2D eigenvalue weighted by atomic mass is 32.2. The van der Waals surface area contributed by atoms with Crippen molar-refractivity contribution in [1.29, 1.82) is 0 Å². The zero-order chi connectivity index (χ0) is 8.32. The summed E-state index contributed by atoms with van der Waals surface area (Å²) in [7, 11) is 1.78. The number of hydrazine groups is 1. The lowest BCUT2D eigenvalue weighted by atomic mass is 10.0. The van der Waals surface area contributed by atoms with Crippen molar-refractivity contribution in [3.8, 4) is 0 Å². The quantitative estimate of drug-likeness (QED) is 0.266. The van der Waals surface area contributed by atoms with E-state index in [-0.39, 0.29) is 4.75 Å². The van der Waals surface area contributed by atoms with E-state index >= 15 is 0 Å². The van der Waals surface area contributed by atoms with Gasteiger partial charge in [-0.2, -0.15) is 0 Å². The molecule has 1 unspecified atom stereocenters. The molecule has 1 heterocycles. The maximum absolute atomic E-state index is 5.35. The summed E-state index contributed by atoms with van der Waals surface area (Å²) >= 11 is 1.93. The average Bonchev–Trinajstić information content (AvgIpc) is 2.39. The Balaban J connectivity index is 2.69. The van der Waals surface area contributed by atoms with Crippen molar-refractivity contribution in [2.75, 3.05) is 12.8 Å². The van der Waals surface area contributed by atoms with E-state index in [9.17, 15) is 0 Å². The molecule has 4 heteroatoms. The summed E-state index contributed by atoms with van der Waals surface area (Å²) in [5.74, 6) is 7.49. The maximum atomic E-state index is 5.35. The van der Waals surface area contributed by atoms with Gasteiger partial charge < -0.3 is 5.43 Å². The largest absolute Gasteiger partial charge is 0.311 e. The van der Waals surface area contributed by atoms with Gasteiger partial charge in [0.1, 0.15) is 5.84 Å². The fourth-order valence-electron chi connectivity index (χ4n) is 1.42. The summed E-state index contributed by atoms with van der Waals surface area (Å²) < 4.78 is 0.142. The molecule has 0 amide bonds. The highest BCUT2D eigenvalue weighted by Crippen LogP contribution is 2.37. The number of nitrogens with one attached hydrogen (secondary N) is 1. The van der Waals surface area contributed by atoms with Crippen LogP contribution in [0, 0.1) is 0 Å². The molecule has 1 atom stereocenters. The van der Waals surface area contributed by atoms with Crippen molar-refractivity contribution in [1.82, 2.24) is 5.43 Å². The van der Waals surface area contributed by atoms with Crippen LogP contribution < -0.4 is 11.3 Å². The zero-order valence-electron chi connectivity index (χ0n) is 7.05. The van der Waals surface area contributed by atoms with Crippen LogP contribution in [0.5, 0.6) is 0 Å². The molecule has 0 bridgehead atoms. The fraction of sp³-hybridized carbons (Fsp3) is 0.857. The van der Waals surface area contributed by atoms with Crippen molar-refractivity contribution < 1.29 is 0 Å². The normalized spacial score (nSPS) is 32.5. The third kappa shape index (κ3) is 1.68. The molecular weight excluding hydrogens is 158 g/mol. The van der Waals surface area contributed by atoms with Gasteiger partial charge in [0.05, 0.1) is 4.75 Å². The number of rotatable bonds is 1. The molecule has 3 nitrogen and oxygen atoms in total. The number of nitrogens with two attached hydrogens (primary N) is 1. The van der Waals surface area contributed by atoms with Gasteiger partial charge in [-0.05, 0) is 25.5 Å². The van der Waals surface area contributed by atoms with Gasteiger partial charge in [-0.3, -0.25) is 4.99 Å². The molecule has 0 radical (unpaired) electrons. The topological polar surface area (TPSA) is 50.4 Å². The van der Waals surface area contributed by atoms with Crippen molar-refractivity contribution in [3.63, 3.8) is 0 Å². The Morgan fingerprint density at radius 2 is 2.45 bits per heavy atom. The van der Waals surface area contributed by atoms with E-state index in [1.807, 2.05) is 11.8 Å². The molecule has 11 heavy (non-hydrogen) atoms. The highest BCUT2D eigenvalue weighted by molar-refractivity contribution is 8.01. The molecule has 0 aliphatic carbocycles. The monoisotopic (exact) mass is 173 g/mol. The number of hydrogen-bond donors (Lipinski definition) is 2. The minimum atomic E-state index is 0.142. The summed E-state index contributed by atoms with van der Waals surface area (Å²) in [6.07, 6.45) is 2.44. The van der Waals surface area contributed by atoms with Gasteiger partial charge in [-0.15, -0.1) is 11.8 Å². The lowest BCUT2D eigenvalue weighted by Gasteiger charge is -2.23. The van der Waals surface area contributed by atoms with Crippen LogP contribution in [0.15, 0.2) is 4.99 Å². The Hall–Kier alpha value is -0.220. The van der Waals surface area contributed by atoms with Crippen LogP contribution in [0.3, 0.4) is 0 Å². The molecule has 0 aromatic heterocycles. The minimum absolute atomic E-state index is 0.142. The third-order valence-electron chi connectivity index (χ3n) is 2.08. The molecule has 0 aromatic carbocycles. The van der Waals surface area contributed by atoms with Gasteiger partial charge in [-0.1, -0.05) is 0 Å². The van der Waals surface area contributed by atoms with Crippen LogP contribution in [0.4, 0.5) is 0 Å². The molecule has 1 saturated heterocycles. The molecule has 64 valence electrons. The first kappa shape index (κ1) is 8.87. The SMILES string of the molecule is CN=C(NN)C1(C)CCCS1. The van der Waals surface area contributed by atoms with Crippen LogP contribution in [0.25, 0.3) is 0 Å². The Bertz CT molecular complexity index is 161. The van der Waals surface area contributed by atoms with Crippen LogP contribution in [0.1, 0.15) is 19.8 Å². The summed E-state index contributed by atoms with van der Waals surface area (Å²) in [6, 6.07) is 0. The van der Waals surface area contributed by atoms with E-state index in [4.69, 9.17) is 5.84 Å². The number of thioether (sulfide) groups is 1. The van der Waals surface area contributed by atoms with Crippen LogP contribution in [-0.4, -0.2) is 23.4 Å². The Labute approximate surface area is 71.8 Å². The molecule has 3 N–H and O–H groups in total. The van der Waals surface area contributed by atoms with Gasteiger partial charge in [-0.25, -0.2) is 5.84 Å². The number of amidine groups is 1. The van der Waals surface area contributed by atoms with Crippen LogP contribution in [-0.2, 0) is 0 Å². The van der Waals surface area contributed by atoms with Gasteiger partial charge >= 0.3 is 0 Å². The third-order valence-corrected chi connectivity index (χ3v) is 3.61. The average molecular weight is 173 g/mol. The fourth-order valence-corrected chi connectivity index (χ4v) is 2.73. The standard InChI is InChI=1S/C7H15N3S/c1-7(4-3-5-11-7)6(9-2)10-8/h3-5,8H2,1-2H3,(H,9,10). The molecule has 1 fully saturated rings. The predicted molar refractivity (Wildman–Crippen MR) is 50.8 cm³/mol. The van der Waals surface area contributed by atoms with Crippen molar-refractivity contribution >= 4 is 17.6 Å². The lowest BCUT2D eigenvalue weighted by Crippen LogP contribution is -2.44. The molecule has 0 saturated carbocycles. The number of nitrogens with zero attached hydrogens (tertiary/aromatic N) is 1. The maximum Gasteiger partial charge on any atom is 0.126 e. The van der Waals surface area contributed by atoms with E-state index in [0.717, 1.165) is 5.84 Å². The second-order valence-electron chi connectivity index (χ2n) is 2.90. The second kappa shape index (κ2) is 3.45. The van der Waals surface area contributed by atoms with Gasteiger partial charge in [0, 0.05) is 7.05 Å². The van der Waals surface area contributed by atoms with Crippen molar-refractivity contribution in [2.45, 2.75) is 24.5 Å². The van der Waals surface area contributed by atoms with E-state index < -0.39 is 0 Å².